The fourth-order valence-corrected chi connectivity index (χ4v) is 10.5. The van der Waals surface area contributed by atoms with Crippen LogP contribution in [0.5, 0.6) is 0 Å². The van der Waals surface area contributed by atoms with Gasteiger partial charge in [0.2, 0.25) is 0 Å². The fraction of sp³-hybridized carbons (Fsp3) is 0.538. The first-order valence-corrected chi connectivity index (χ1v) is 13.2. The second kappa shape index (κ2) is 9.01. The predicted molar refractivity (Wildman–Crippen MR) is 128 cm³/mol. The van der Waals surface area contributed by atoms with Gasteiger partial charge in [0.15, 0.2) is 6.29 Å². The minimum absolute atomic E-state index is 0.0152. The minimum Gasteiger partial charge on any atom is -0.404 e. The van der Waals surface area contributed by atoms with E-state index in [0.29, 0.717) is 6.61 Å². The van der Waals surface area contributed by atoms with Crippen LogP contribution in [0.4, 0.5) is 0 Å². The van der Waals surface area contributed by atoms with Gasteiger partial charge in [-0.05, 0) is 15.4 Å². The summed E-state index contributed by atoms with van der Waals surface area (Å²) in [5.74, 6) is 0.0257. The van der Waals surface area contributed by atoms with E-state index in [4.69, 9.17) is 23.4 Å². The van der Waals surface area contributed by atoms with E-state index in [-0.39, 0.29) is 29.5 Å². The Labute approximate surface area is 193 Å². The molecular formula is C26H36O5Si. The first-order valence-electron chi connectivity index (χ1n) is 11.3. The number of hydrogen-bond donors (Lipinski definition) is 0. The normalized spacial score (nSPS) is 30.1. The van der Waals surface area contributed by atoms with Crippen molar-refractivity contribution in [2.75, 3.05) is 27.9 Å². The Balaban J connectivity index is 1.78. The zero-order valence-corrected chi connectivity index (χ0v) is 21.0. The summed E-state index contributed by atoms with van der Waals surface area (Å²) in [4.78, 5) is 0. The van der Waals surface area contributed by atoms with Crippen LogP contribution in [0.3, 0.4) is 0 Å². The Morgan fingerprint density at radius 1 is 0.875 bits per heavy atom. The largest absolute Gasteiger partial charge is 0.404 e. The average Bonchev–Trinajstić information content (AvgIpc) is 3.29. The van der Waals surface area contributed by atoms with Crippen molar-refractivity contribution < 1.29 is 23.4 Å². The van der Waals surface area contributed by atoms with Gasteiger partial charge in [0.1, 0.15) is 5.60 Å². The number of fused-ring (bicyclic) bond motifs is 2. The molecule has 1 saturated heterocycles. The van der Waals surface area contributed by atoms with Gasteiger partial charge < -0.3 is 23.4 Å². The van der Waals surface area contributed by atoms with Gasteiger partial charge in [0, 0.05) is 27.8 Å². The van der Waals surface area contributed by atoms with Crippen LogP contribution in [0.15, 0.2) is 60.7 Å². The third-order valence-electron chi connectivity index (χ3n) is 7.25. The zero-order valence-electron chi connectivity index (χ0n) is 20.0. The number of rotatable bonds is 8. The molecule has 5 atom stereocenters. The smallest absolute Gasteiger partial charge is 0.261 e. The second-order valence-electron chi connectivity index (χ2n) is 9.95. The third kappa shape index (κ3) is 3.67. The lowest BCUT2D eigenvalue weighted by Gasteiger charge is -2.45. The summed E-state index contributed by atoms with van der Waals surface area (Å²) in [5, 5.41) is 2.40. The summed E-state index contributed by atoms with van der Waals surface area (Å²) in [6.45, 7) is 7.28. The molecule has 0 radical (unpaired) electrons. The van der Waals surface area contributed by atoms with Gasteiger partial charge in [-0.25, -0.2) is 0 Å². The highest BCUT2D eigenvalue weighted by Crippen LogP contribution is 2.52. The van der Waals surface area contributed by atoms with E-state index in [1.807, 2.05) is 0 Å². The average molecular weight is 457 g/mol. The van der Waals surface area contributed by atoms with Gasteiger partial charge in [-0.2, -0.15) is 0 Å². The first kappa shape index (κ1) is 23.6. The lowest BCUT2D eigenvalue weighted by atomic mass is 10.0. The molecular weight excluding hydrogens is 420 g/mol. The maximum Gasteiger partial charge on any atom is 0.261 e. The van der Waals surface area contributed by atoms with E-state index in [9.17, 15) is 0 Å². The van der Waals surface area contributed by atoms with Crippen molar-refractivity contribution in [1.29, 1.82) is 0 Å². The van der Waals surface area contributed by atoms with Crippen molar-refractivity contribution in [1.82, 2.24) is 0 Å². The van der Waals surface area contributed by atoms with E-state index in [2.05, 4.69) is 81.4 Å². The Hall–Kier alpha value is -1.54. The van der Waals surface area contributed by atoms with Crippen molar-refractivity contribution in [2.24, 2.45) is 5.92 Å². The number of benzene rings is 2. The Morgan fingerprint density at radius 2 is 1.44 bits per heavy atom. The van der Waals surface area contributed by atoms with Crippen LogP contribution in [-0.2, 0) is 23.4 Å². The second-order valence-corrected chi connectivity index (χ2v) is 14.3. The minimum atomic E-state index is -2.69. The Kier molecular flexibility index (Phi) is 6.65. The van der Waals surface area contributed by atoms with Gasteiger partial charge in [-0.15, -0.1) is 0 Å². The molecule has 32 heavy (non-hydrogen) atoms. The summed E-state index contributed by atoms with van der Waals surface area (Å²) in [7, 11) is 2.49. The highest BCUT2D eigenvalue weighted by molar-refractivity contribution is 6.99. The van der Waals surface area contributed by atoms with E-state index in [1.54, 1.807) is 21.3 Å². The summed E-state index contributed by atoms with van der Waals surface area (Å²) >= 11 is 0. The molecule has 0 amide bonds. The molecule has 0 spiro atoms. The van der Waals surface area contributed by atoms with Gasteiger partial charge >= 0.3 is 0 Å². The van der Waals surface area contributed by atoms with Crippen molar-refractivity contribution in [3.05, 3.63) is 60.7 Å². The maximum atomic E-state index is 7.21. The van der Waals surface area contributed by atoms with Crippen molar-refractivity contribution in [3.8, 4) is 0 Å². The predicted octanol–water partition coefficient (Wildman–Crippen LogP) is 3.35. The lowest BCUT2D eigenvalue weighted by molar-refractivity contribution is -0.221. The van der Waals surface area contributed by atoms with Crippen LogP contribution < -0.4 is 10.4 Å². The highest BCUT2D eigenvalue weighted by Gasteiger charge is 2.66. The lowest BCUT2D eigenvalue weighted by Crippen LogP contribution is -2.68. The topological polar surface area (TPSA) is 46.2 Å². The summed E-state index contributed by atoms with van der Waals surface area (Å²) in [6, 6.07) is 21.4. The fourth-order valence-electron chi connectivity index (χ4n) is 5.87. The monoisotopic (exact) mass is 456 g/mol. The van der Waals surface area contributed by atoms with Crippen LogP contribution in [-0.4, -0.2) is 60.4 Å². The first-order chi connectivity index (χ1) is 15.3. The molecule has 1 saturated carbocycles. The van der Waals surface area contributed by atoms with E-state index in [1.165, 1.54) is 10.4 Å². The molecule has 5 nitrogen and oxygen atoms in total. The Bertz CT molecular complexity index is 829. The molecule has 1 heterocycles. The van der Waals surface area contributed by atoms with Crippen LogP contribution in [0.1, 0.15) is 27.2 Å². The highest BCUT2D eigenvalue weighted by atomic mass is 28.4. The van der Waals surface area contributed by atoms with Crippen LogP contribution in [0, 0.1) is 5.92 Å². The summed E-state index contributed by atoms with van der Waals surface area (Å²) < 4.78 is 31.2. The number of methoxy groups -OCH3 is 3. The molecule has 1 aliphatic heterocycles. The molecule has 6 heteroatoms. The molecule has 1 aliphatic carbocycles. The molecule has 4 rings (SSSR count). The van der Waals surface area contributed by atoms with Crippen LogP contribution in [0.25, 0.3) is 0 Å². The molecule has 0 aromatic heterocycles. The summed E-state index contributed by atoms with van der Waals surface area (Å²) in [6.07, 6.45) is 0.239. The van der Waals surface area contributed by atoms with Gasteiger partial charge in [-0.3, -0.25) is 0 Å². The molecule has 2 bridgehead atoms. The van der Waals surface area contributed by atoms with Crippen LogP contribution >= 0.6 is 0 Å². The Morgan fingerprint density at radius 3 is 1.88 bits per heavy atom. The summed E-state index contributed by atoms with van der Waals surface area (Å²) in [5.41, 5.74) is -0.603. The van der Waals surface area contributed by atoms with E-state index >= 15 is 0 Å². The SMILES string of the molecule is COC1O[C@@]2(CO[Si](c3ccccc3)(c3ccccc3)C(C)(C)C)C[C@H](OC)[C@@H]1[C@@H]2OC. The van der Waals surface area contributed by atoms with Crippen molar-refractivity contribution in [2.45, 2.75) is 56.3 Å². The zero-order chi connectivity index (χ0) is 23.0. The molecule has 2 aromatic rings. The van der Waals surface area contributed by atoms with E-state index in [0.717, 1.165) is 6.42 Å². The molecule has 0 N–H and O–H groups in total. The molecule has 2 aromatic carbocycles. The number of ether oxygens (including phenoxy) is 4. The third-order valence-corrected chi connectivity index (χ3v) is 12.2. The van der Waals surface area contributed by atoms with Gasteiger partial charge in [-0.1, -0.05) is 81.4 Å². The molecule has 174 valence electrons. The molecule has 1 unspecified atom stereocenters. The maximum absolute atomic E-state index is 7.21. The van der Waals surface area contributed by atoms with Crippen LogP contribution in [0.2, 0.25) is 5.04 Å². The van der Waals surface area contributed by atoms with Crippen molar-refractivity contribution >= 4 is 18.7 Å². The van der Waals surface area contributed by atoms with Crippen molar-refractivity contribution in [3.63, 3.8) is 0 Å². The quantitative estimate of drug-likeness (QED) is 0.570. The molecule has 2 aliphatic rings. The number of hydrogen-bond acceptors (Lipinski definition) is 5. The van der Waals surface area contributed by atoms with Gasteiger partial charge in [0.25, 0.3) is 8.32 Å². The van der Waals surface area contributed by atoms with Gasteiger partial charge in [0.05, 0.1) is 24.7 Å². The van der Waals surface area contributed by atoms with E-state index < -0.39 is 13.9 Å². The standard InChI is InChI=1S/C26H36O5Si/c1-25(2,3)32(19-13-9-7-10-14-19,20-15-11-8-12-16-20)30-18-26-17-21(27-4)22(23(26)28-5)24(29-6)31-26/h7-16,21-24H,17-18H2,1-6H3/t21-,22+,23-,24?,26+/m0/s1. The molecule has 2 fully saturated rings.